The number of fused-ring (bicyclic) bond motifs is 1. The van der Waals surface area contributed by atoms with E-state index in [0.717, 1.165) is 18.3 Å². The Balaban J connectivity index is 0.00000156. The summed E-state index contributed by atoms with van der Waals surface area (Å²) < 4.78 is 11.2. The summed E-state index contributed by atoms with van der Waals surface area (Å²) in [6.45, 7) is 4.49. The van der Waals surface area contributed by atoms with E-state index >= 15 is 0 Å². The predicted molar refractivity (Wildman–Crippen MR) is 94.1 cm³/mol. The van der Waals surface area contributed by atoms with Gasteiger partial charge in [-0.05, 0) is 56.5 Å². The van der Waals surface area contributed by atoms with Crippen LogP contribution in [0.3, 0.4) is 0 Å². The second-order valence-electron chi connectivity index (χ2n) is 6.52. The van der Waals surface area contributed by atoms with Crippen molar-refractivity contribution in [2.45, 2.75) is 44.3 Å². The number of nitrogens with zero attached hydrogens (tertiary/aromatic N) is 1. The Labute approximate surface area is 148 Å². The summed E-state index contributed by atoms with van der Waals surface area (Å²) in [5.41, 5.74) is 1.17. The summed E-state index contributed by atoms with van der Waals surface area (Å²) in [7, 11) is 0. The highest BCUT2D eigenvalue weighted by Crippen LogP contribution is 2.38. The summed E-state index contributed by atoms with van der Waals surface area (Å²) in [6, 6.07) is 5.55. The van der Waals surface area contributed by atoms with Crippen LogP contribution in [0.25, 0.3) is 0 Å². The Bertz CT molecular complexity index is 544. The molecule has 1 aliphatic carbocycles. The molecule has 1 N–H and O–H groups in total. The Morgan fingerprint density at radius 1 is 1.09 bits per heavy atom. The Kier molecular flexibility index (Phi) is 5.57. The van der Waals surface area contributed by atoms with Crippen molar-refractivity contribution in [2.75, 3.05) is 26.3 Å². The Morgan fingerprint density at radius 3 is 2.57 bits per heavy atom. The second kappa shape index (κ2) is 7.47. The summed E-state index contributed by atoms with van der Waals surface area (Å²) in [5.74, 6) is 1.47. The number of hydrogen-bond acceptors (Lipinski definition) is 4. The third-order valence-electron chi connectivity index (χ3n) is 4.84. The molecule has 128 valence electrons. The summed E-state index contributed by atoms with van der Waals surface area (Å²) >= 11 is 6.29. The molecule has 0 unspecified atom stereocenters. The van der Waals surface area contributed by atoms with Crippen LogP contribution in [0.5, 0.6) is 11.5 Å². The van der Waals surface area contributed by atoms with Crippen LogP contribution in [-0.2, 0) is 6.54 Å². The molecule has 6 heteroatoms. The lowest BCUT2D eigenvalue weighted by molar-refractivity contribution is 0.171. The van der Waals surface area contributed by atoms with Crippen LogP contribution >= 0.6 is 24.0 Å². The molecule has 4 nitrogen and oxygen atoms in total. The molecule has 2 heterocycles. The zero-order chi connectivity index (χ0) is 14.9. The number of benzene rings is 1. The molecule has 0 spiro atoms. The van der Waals surface area contributed by atoms with Gasteiger partial charge in [-0.3, -0.25) is 0 Å². The topological polar surface area (TPSA) is 33.7 Å². The fraction of sp³-hybridized carbons (Fsp3) is 0.647. The first kappa shape index (κ1) is 17.2. The van der Waals surface area contributed by atoms with E-state index in [1.54, 1.807) is 0 Å². The zero-order valence-corrected chi connectivity index (χ0v) is 14.8. The minimum Gasteiger partial charge on any atom is -0.486 e. The molecule has 0 bridgehead atoms. The van der Waals surface area contributed by atoms with E-state index in [2.05, 4.69) is 10.2 Å². The van der Waals surface area contributed by atoms with Crippen LogP contribution in [0.1, 0.15) is 31.2 Å². The zero-order valence-electron chi connectivity index (χ0n) is 13.2. The van der Waals surface area contributed by atoms with E-state index in [0.29, 0.717) is 30.0 Å². The van der Waals surface area contributed by atoms with E-state index < -0.39 is 0 Å². The summed E-state index contributed by atoms with van der Waals surface area (Å²) in [5, 5.41) is 4.32. The molecule has 1 aromatic rings. The largest absolute Gasteiger partial charge is 0.486 e. The third kappa shape index (κ3) is 4.05. The molecule has 2 aliphatic heterocycles. The molecule has 1 saturated heterocycles. The molecule has 23 heavy (non-hydrogen) atoms. The van der Waals surface area contributed by atoms with Gasteiger partial charge in [0, 0.05) is 18.6 Å². The van der Waals surface area contributed by atoms with Crippen molar-refractivity contribution < 1.29 is 9.47 Å². The van der Waals surface area contributed by atoms with E-state index in [9.17, 15) is 0 Å². The van der Waals surface area contributed by atoms with Crippen molar-refractivity contribution in [3.63, 3.8) is 0 Å². The maximum absolute atomic E-state index is 6.29. The van der Waals surface area contributed by atoms with E-state index in [1.165, 1.54) is 44.3 Å². The van der Waals surface area contributed by atoms with Gasteiger partial charge >= 0.3 is 0 Å². The monoisotopic (exact) mass is 358 g/mol. The maximum Gasteiger partial charge on any atom is 0.179 e. The number of piperidine rings is 1. The van der Waals surface area contributed by atoms with Gasteiger partial charge in [-0.1, -0.05) is 11.6 Å². The maximum atomic E-state index is 6.29. The number of hydrogen-bond donors (Lipinski definition) is 1. The van der Waals surface area contributed by atoms with Gasteiger partial charge in [0.25, 0.3) is 0 Å². The summed E-state index contributed by atoms with van der Waals surface area (Å²) in [6.07, 6.45) is 5.31. The molecular weight excluding hydrogens is 335 g/mol. The average molecular weight is 359 g/mol. The van der Waals surface area contributed by atoms with Gasteiger partial charge in [0.15, 0.2) is 11.5 Å². The van der Waals surface area contributed by atoms with Crippen LogP contribution in [-0.4, -0.2) is 43.3 Å². The molecule has 0 amide bonds. The van der Waals surface area contributed by atoms with Crippen molar-refractivity contribution in [2.24, 2.45) is 0 Å². The molecule has 1 saturated carbocycles. The third-order valence-corrected chi connectivity index (χ3v) is 5.13. The van der Waals surface area contributed by atoms with Gasteiger partial charge in [-0.25, -0.2) is 0 Å². The van der Waals surface area contributed by atoms with Crippen molar-refractivity contribution >= 4 is 24.0 Å². The normalized spacial score (nSPS) is 21.8. The number of rotatable bonds is 4. The lowest BCUT2D eigenvalue weighted by Gasteiger charge is -2.32. The Hall–Kier alpha value is -0.680. The predicted octanol–water partition coefficient (Wildman–Crippen LogP) is 3.25. The molecule has 0 radical (unpaired) electrons. The van der Waals surface area contributed by atoms with Crippen molar-refractivity contribution in [3.8, 4) is 11.5 Å². The van der Waals surface area contributed by atoms with Crippen LogP contribution in [0.15, 0.2) is 12.1 Å². The van der Waals surface area contributed by atoms with Gasteiger partial charge in [-0.2, -0.15) is 0 Å². The molecule has 4 rings (SSSR count). The highest BCUT2D eigenvalue weighted by Gasteiger charge is 2.31. The molecule has 3 aliphatic rings. The molecule has 0 aromatic heterocycles. The number of nitrogens with one attached hydrogen (secondary N) is 1. The van der Waals surface area contributed by atoms with Crippen molar-refractivity contribution in [1.82, 2.24) is 10.2 Å². The van der Waals surface area contributed by atoms with E-state index in [1.807, 2.05) is 12.1 Å². The van der Waals surface area contributed by atoms with Gasteiger partial charge in [-0.15, -0.1) is 12.4 Å². The first-order chi connectivity index (χ1) is 10.8. The smallest absolute Gasteiger partial charge is 0.179 e. The SMILES string of the molecule is Cl.Clc1cc(CNC2CCN(C3CC3)CC2)cc2c1OCCO2. The minimum atomic E-state index is 0. The number of halogens is 2. The molecule has 1 aromatic carbocycles. The van der Waals surface area contributed by atoms with Crippen molar-refractivity contribution in [1.29, 1.82) is 0 Å². The van der Waals surface area contributed by atoms with Crippen LogP contribution < -0.4 is 14.8 Å². The minimum absolute atomic E-state index is 0. The van der Waals surface area contributed by atoms with E-state index in [-0.39, 0.29) is 12.4 Å². The van der Waals surface area contributed by atoms with Gasteiger partial charge < -0.3 is 19.7 Å². The first-order valence-electron chi connectivity index (χ1n) is 8.35. The molecular formula is C17H24Cl2N2O2. The standard InChI is InChI=1S/C17H23ClN2O2.ClH/c18-15-9-12(10-16-17(15)22-8-7-21-16)11-19-13-3-5-20(6-4-13)14-1-2-14;/h9-10,13-14,19H,1-8,11H2;1H. The fourth-order valence-corrected chi connectivity index (χ4v) is 3.72. The first-order valence-corrected chi connectivity index (χ1v) is 8.73. The number of ether oxygens (including phenoxy) is 2. The quantitative estimate of drug-likeness (QED) is 0.895. The van der Waals surface area contributed by atoms with Gasteiger partial charge in [0.2, 0.25) is 0 Å². The van der Waals surface area contributed by atoms with Crippen LogP contribution in [0.2, 0.25) is 5.02 Å². The van der Waals surface area contributed by atoms with Gasteiger partial charge in [0.05, 0.1) is 5.02 Å². The lowest BCUT2D eigenvalue weighted by atomic mass is 10.0. The second-order valence-corrected chi connectivity index (χ2v) is 6.93. The van der Waals surface area contributed by atoms with Crippen LogP contribution in [0, 0.1) is 0 Å². The summed E-state index contributed by atoms with van der Waals surface area (Å²) in [4.78, 5) is 2.65. The average Bonchev–Trinajstić information content (AvgIpc) is 3.38. The van der Waals surface area contributed by atoms with Crippen molar-refractivity contribution in [3.05, 3.63) is 22.7 Å². The van der Waals surface area contributed by atoms with E-state index in [4.69, 9.17) is 21.1 Å². The van der Waals surface area contributed by atoms with Crippen LogP contribution in [0.4, 0.5) is 0 Å². The fourth-order valence-electron chi connectivity index (χ4n) is 3.44. The molecule has 2 fully saturated rings. The molecule has 0 atom stereocenters. The lowest BCUT2D eigenvalue weighted by Crippen LogP contribution is -2.43. The Morgan fingerprint density at radius 2 is 1.83 bits per heavy atom. The highest BCUT2D eigenvalue weighted by atomic mass is 35.5. The number of likely N-dealkylation sites (tertiary alicyclic amines) is 1. The van der Waals surface area contributed by atoms with Gasteiger partial charge in [0.1, 0.15) is 13.2 Å². The highest BCUT2D eigenvalue weighted by molar-refractivity contribution is 6.32.